The molecule has 0 aliphatic heterocycles. The molecule has 0 fully saturated rings. The molecule has 0 aromatic carbocycles. The molecule has 0 rings (SSSR count). The molecule has 0 aliphatic carbocycles. The minimum absolute atomic E-state index is 0.568. The van der Waals surface area contributed by atoms with Crippen LogP contribution in [0.15, 0.2) is 0 Å². The van der Waals surface area contributed by atoms with Gasteiger partial charge in [0.25, 0.3) is 0 Å². The van der Waals surface area contributed by atoms with E-state index in [9.17, 15) is 9.59 Å². The number of rotatable bonds is 11. The second-order valence-corrected chi connectivity index (χ2v) is 97.0. The molecule has 0 bridgehead atoms. The van der Waals surface area contributed by atoms with Crippen LogP contribution >= 0.6 is 0 Å². The first-order valence-electron chi connectivity index (χ1n) is 12.6. The molecule has 0 heterocycles. The number of hydrogen-bond donors (Lipinski definition) is 0. The van der Waals surface area contributed by atoms with Crippen molar-refractivity contribution in [1.29, 1.82) is 0 Å². The Hall–Kier alpha value is 1.08. The number of carbonyl (C=O) groups excluding carboxylic acids is 2. The van der Waals surface area contributed by atoms with Gasteiger partial charge in [0.1, 0.15) is 24.1 Å². The molecule has 0 aromatic heterocycles. The summed E-state index contributed by atoms with van der Waals surface area (Å²) in [5.74, 6) is 0. The monoisotopic (exact) mass is 578 g/mol. The van der Waals surface area contributed by atoms with Crippen LogP contribution in [0, 0.1) is 0 Å². The van der Waals surface area contributed by atoms with E-state index in [1.54, 1.807) is 0 Å². The molecule has 0 unspecified atom stereocenters. The predicted octanol–water partition coefficient (Wildman–Crippen LogP) is 7.38. The summed E-state index contributed by atoms with van der Waals surface area (Å²) in [7, 11) is -9.96. The molecule has 0 aromatic rings. The van der Waals surface area contributed by atoms with Crippen LogP contribution in [0.1, 0.15) is 12.8 Å². The first-order chi connectivity index (χ1) is 13.5. The minimum atomic E-state index is -2.09. The summed E-state index contributed by atoms with van der Waals surface area (Å²) < 4.78 is 0. The topological polar surface area (TPSA) is 34.1 Å². The summed E-state index contributed by atoms with van der Waals surface area (Å²) >= 11 is 0. The van der Waals surface area contributed by atoms with Gasteiger partial charge in [-0.1, -0.05) is 118 Å². The second kappa shape index (κ2) is 9.51. The van der Waals surface area contributed by atoms with Crippen molar-refractivity contribution >= 4 is 69.6 Å². The Morgan fingerprint density at radius 2 is 0.469 bits per heavy atom. The van der Waals surface area contributed by atoms with Crippen molar-refractivity contribution in [3.63, 3.8) is 0 Å². The van der Waals surface area contributed by atoms with Gasteiger partial charge in [0.15, 0.2) is 0 Å². The Kier molecular flexibility index (Phi) is 9.83. The van der Waals surface area contributed by atoms with Crippen LogP contribution < -0.4 is 0 Å². The highest BCUT2D eigenvalue weighted by molar-refractivity contribution is 7.97. The molecule has 0 saturated heterocycles. The summed E-state index contributed by atoms with van der Waals surface area (Å²) in [6, 6.07) is 0. The van der Waals surface area contributed by atoms with Crippen LogP contribution in [-0.2, 0) is 9.59 Å². The van der Waals surface area contributed by atoms with Crippen molar-refractivity contribution in [2.45, 2.75) is 131 Å². The van der Waals surface area contributed by atoms with E-state index in [1.165, 1.54) is 0 Å². The van der Waals surface area contributed by atoms with Crippen molar-refractivity contribution in [3.8, 4) is 0 Å². The summed E-state index contributed by atoms with van der Waals surface area (Å²) in [5, 5.41) is 1.24. The Morgan fingerprint density at radius 3 is 0.562 bits per heavy atom. The van der Waals surface area contributed by atoms with Gasteiger partial charge in [0.05, 0.1) is 0 Å². The van der Waals surface area contributed by atoms with Crippen molar-refractivity contribution in [2.75, 3.05) is 0 Å². The Morgan fingerprint density at radius 1 is 0.344 bits per heavy atom. The van der Waals surface area contributed by atoms with E-state index in [1.807, 2.05) is 0 Å². The van der Waals surface area contributed by atoms with Gasteiger partial charge in [-0.2, -0.15) is 0 Å². The van der Waals surface area contributed by atoms with Gasteiger partial charge in [-0.15, -0.1) is 0 Å². The summed E-state index contributed by atoms with van der Waals surface area (Å²) in [6.45, 7) is 40.6. The van der Waals surface area contributed by atoms with Crippen LogP contribution in [0.2, 0.25) is 118 Å². The zero-order valence-electron chi connectivity index (χ0n) is 25.2. The first kappa shape index (κ1) is 33.1. The van der Waals surface area contributed by atoms with Crippen molar-refractivity contribution in [3.05, 3.63) is 0 Å². The maximum absolute atomic E-state index is 14.4. The summed E-state index contributed by atoms with van der Waals surface area (Å²) in [5.41, 5.74) is 0. The highest BCUT2D eigenvalue weighted by Crippen LogP contribution is 2.41. The van der Waals surface area contributed by atoms with E-state index in [0.717, 1.165) is 0 Å². The molecule has 0 saturated carbocycles. The molecule has 32 heavy (non-hydrogen) atoms. The highest BCUT2D eigenvalue weighted by atomic mass is 29.9. The Balaban J connectivity index is 6.66. The fraction of sp³-hybridized carbons (Fsp3) is 0.909. The average molecular weight is 579 g/mol. The van der Waals surface area contributed by atoms with Crippen molar-refractivity contribution < 1.29 is 9.59 Å². The fourth-order valence-corrected chi connectivity index (χ4v) is 209. The van der Waals surface area contributed by atoms with E-state index in [0.29, 0.717) is 23.7 Å². The van der Waals surface area contributed by atoms with Gasteiger partial charge < -0.3 is 9.59 Å². The second-order valence-electron chi connectivity index (χ2n) is 16.3. The molecule has 0 atom stereocenters. The van der Waals surface area contributed by atoms with Gasteiger partial charge in [-0.25, -0.2) is 0 Å². The van der Waals surface area contributed by atoms with Gasteiger partial charge in [-0.05, 0) is 0 Å². The molecule has 0 N–H and O–H groups in total. The third-order valence-corrected chi connectivity index (χ3v) is 150. The normalized spacial score (nSPS) is 15.7. The third-order valence-electron chi connectivity index (χ3n) is 8.17. The lowest BCUT2D eigenvalue weighted by atomic mass is 10.4. The third kappa shape index (κ3) is 5.41. The average Bonchev–Trinajstić information content (AvgIpc) is 2.35. The van der Waals surface area contributed by atoms with E-state index in [2.05, 4.69) is 118 Å². The molecule has 2 nitrogen and oxygen atoms in total. The summed E-state index contributed by atoms with van der Waals surface area (Å²) in [6.07, 6.45) is 1.14. The molecule has 190 valence electrons. The zero-order valence-corrected chi connectivity index (χ0v) is 33.2. The molecule has 10 heteroatoms. The van der Waals surface area contributed by atoms with Crippen LogP contribution in [0.3, 0.4) is 0 Å². The molecule has 0 radical (unpaired) electrons. The number of hydrogen-bond acceptors (Lipinski definition) is 2. The maximum Gasteiger partial charge on any atom is 0.112 e. The fourth-order valence-electron chi connectivity index (χ4n) is 9.86. The van der Waals surface area contributed by atoms with E-state index in [-0.39, 0.29) is 0 Å². The predicted molar refractivity (Wildman–Crippen MR) is 171 cm³/mol. The standard InChI is InChI=1S/C22H58O2Si8/c1-25(2,3)31(26(4,5)6,27(7,8)9)21(23)19-20-22(24)32(28(10,11)12,29(13,14)15)30(16,17)18/h19-20H2,1-18H3. The Labute approximate surface area is 209 Å². The zero-order chi connectivity index (χ0) is 26.6. The highest BCUT2D eigenvalue weighted by Gasteiger charge is 2.68. The maximum atomic E-state index is 14.4. The minimum Gasteiger partial charge on any atom is -0.306 e. The van der Waals surface area contributed by atoms with Gasteiger partial charge >= 0.3 is 0 Å². The van der Waals surface area contributed by atoms with Crippen molar-refractivity contribution in [1.82, 2.24) is 0 Å². The molecular weight excluding hydrogens is 521 g/mol. The quantitative estimate of drug-likeness (QED) is 0.240. The van der Waals surface area contributed by atoms with Crippen LogP contribution in [0.25, 0.3) is 0 Å². The SMILES string of the molecule is C[Si](C)(C)[Si](C(=O)CCC(=O)[Si]([Si](C)(C)C)([Si](C)(C)C)[Si](C)(C)C)([Si](C)(C)C)[Si](C)(C)C. The van der Waals surface area contributed by atoms with Crippen LogP contribution in [0.4, 0.5) is 0 Å². The van der Waals surface area contributed by atoms with E-state index >= 15 is 0 Å². The lowest BCUT2D eigenvalue weighted by Gasteiger charge is -2.57. The van der Waals surface area contributed by atoms with E-state index < -0.39 is 58.8 Å². The molecular formula is C22H58O2Si8. The lowest BCUT2D eigenvalue weighted by molar-refractivity contribution is -0.117. The van der Waals surface area contributed by atoms with Crippen LogP contribution in [-0.4, -0.2) is 69.6 Å². The smallest absolute Gasteiger partial charge is 0.112 e. The van der Waals surface area contributed by atoms with Gasteiger partial charge in [-0.3, -0.25) is 0 Å². The largest absolute Gasteiger partial charge is 0.306 e. The van der Waals surface area contributed by atoms with Crippen molar-refractivity contribution in [2.24, 2.45) is 0 Å². The van der Waals surface area contributed by atoms with Crippen LogP contribution in [0.5, 0.6) is 0 Å². The summed E-state index contributed by atoms with van der Waals surface area (Å²) in [4.78, 5) is 28.9. The molecule has 0 aliphatic rings. The Bertz CT molecular complexity index is 571. The van der Waals surface area contributed by atoms with Gasteiger partial charge in [0, 0.05) is 58.4 Å². The number of carbonyl (C=O) groups is 2. The van der Waals surface area contributed by atoms with E-state index in [4.69, 9.17) is 0 Å². The first-order valence-corrected chi connectivity index (χ1v) is 43.6. The van der Waals surface area contributed by atoms with Gasteiger partial charge in [0.2, 0.25) is 0 Å². The lowest BCUT2D eigenvalue weighted by Crippen LogP contribution is -2.87. The molecule has 0 amide bonds. The molecule has 0 spiro atoms.